The fourth-order valence-corrected chi connectivity index (χ4v) is 3.75. The van der Waals surface area contributed by atoms with Crippen LogP contribution in [0.5, 0.6) is 0 Å². The minimum atomic E-state index is -0.466. The molecule has 1 aliphatic rings. The molecule has 1 aliphatic heterocycles. The Kier molecular flexibility index (Phi) is 7.83. The van der Waals surface area contributed by atoms with E-state index in [2.05, 4.69) is 20.9 Å². The minimum Gasteiger partial charge on any atom is -0.466 e. The van der Waals surface area contributed by atoms with Gasteiger partial charge in [-0.2, -0.15) is 0 Å². The maximum Gasteiger partial charge on any atom is 0.309 e. The van der Waals surface area contributed by atoms with Crippen LogP contribution < -0.4 is 4.90 Å². The first-order valence-corrected chi connectivity index (χ1v) is 11.3. The first-order chi connectivity index (χ1) is 15.2. The van der Waals surface area contributed by atoms with Gasteiger partial charge in [0.25, 0.3) is 0 Å². The molecule has 0 saturated carbocycles. The van der Waals surface area contributed by atoms with Crippen molar-refractivity contribution in [2.45, 2.75) is 59.0 Å². The monoisotopic (exact) mass is 439 g/mol. The van der Waals surface area contributed by atoms with E-state index in [0.717, 1.165) is 42.6 Å². The summed E-state index contributed by atoms with van der Waals surface area (Å²) in [5, 5.41) is 0. The fourth-order valence-electron chi connectivity index (χ4n) is 3.75. The van der Waals surface area contributed by atoms with Crippen molar-refractivity contribution in [2.24, 2.45) is 5.92 Å². The molecule has 0 spiro atoms. The van der Waals surface area contributed by atoms with Gasteiger partial charge in [0.2, 0.25) is 5.95 Å². The number of benzene rings is 1. The maximum absolute atomic E-state index is 12.0. The van der Waals surface area contributed by atoms with Crippen molar-refractivity contribution in [3.8, 4) is 11.1 Å². The van der Waals surface area contributed by atoms with E-state index in [4.69, 9.17) is 9.47 Å². The van der Waals surface area contributed by atoms with E-state index in [0.29, 0.717) is 25.4 Å². The molecule has 1 fully saturated rings. The van der Waals surface area contributed by atoms with Gasteiger partial charge < -0.3 is 14.4 Å². The molecular formula is C25H33N3O4. The van der Waals surface area contributed by atoms with Gasteiger partial charge in [-0.1, -0.05) is 24.3 Å². The van der Waals surface area contributed by atoms with Crippen LogP contribution in [0.25, 0.3) is 11.1 Å². The summed E-state index contributed by atoms with van der Waals surface area (Å²) in [5.74, 6) is 0.350. The third-order valence-electron chi connectivity index (χ3n) is 5.33. The van der Waals surface area contributed by atoms with Gasteiger partial charge in [0, 0.05) is 37.5 Å². The molecule has 1 aromatic heterocycles. The van der Waals surface area contributed by atoms with Crippen molar-refractivity contribution >= 4 is 17.9 Å². The molecule has 0 unspecified atom stereocenters. The summed E-state index contributed by atoms with van der Waals surface area (Å²) in [6, 6.07) is 8.07. The average Bonchev–Trinajstić information content (AvgIpc) is 2.77. The number of hydrogen-bond acceptors (Lipinski definition) is 7. The van der Waals surface area contributed by atoms with Crippen molar-refractivity contribution in [3.63, 3.8) is 0 Å². The SMILES string of the molecule is CCOC(=O)C1CCN(c2ncc(-c3cccc(CCC(=O)OC(C)(C)C)c3)cn2)CC1. The number of nitrogens with zero attached hydrogens (tertiary/aromatic N) is 3. The highest BCUT2D eigenvalue weighted by Crippen LogP contribution is 2.24. The molecule has 0 bridgehead atoms. The Morgan fingerprint density at radius 1 is 1.09 bits per heavy atom. The molecule has 0 atom stereocenters. The molecule has 0 amide bonds. The van der Waals surface area contributed by atoms with Crippen LogP contribution in [0.1, 0.15) is 52.5 Å². The smallest absolute Gasteiger partial charge is 0.309 e. The van der Waals surface area contributed by atoms with E-state index >= 15 is 0 Å². The summed E-state index contributed by atoms with van der Waals surface area (Å²) in [6.45, 7) is 9.35. The Morgan fingerprint density at radius 3 is 2.41 bits per heavy atom. The third kappa shape index (κ3) is 6.77. The number of aromatic nitrogens is 2. The molecule has 7 nitrogen and oxygen atoms in total. The molecule has 172 valence electrons. The van der Waals surface area contributed by atoms with Crippen molar-refractivity contribution < 1.29 is 19.1 Å². The lowest BCUT2D eigenvalue weighted by atomic mass is 9.97. The summed E-state index contributed by atoms with van der Waals surface area (Å²) >= 11 is 0. The summed E-state index contributed by atoms with van der Waals surface area (Å²) in [6.07, 6.45) is 6.13. The van der Waals surface area contributed by atoms with E-state index in [-0.39, 0.29) is 17.9 Å². The second kappa shape index (κ2) is 10.6. The number of aryl methyl sites for hydroxylation is 1. The molecule has 7 heteroatoms. The van der Waals surface area contributed by atoms with E-state index in [1.807, 2.05) is 58.3 Å². The number of carbonyl (C=O) groups is 2. The minimum absolute atomic E-state index is 0.0334. The van der Waals surface area contributed by atoms with Gasteiger partial charge >= 0.3 is 11.9 Å². The number of anilines is 1. The van der Waals surface area contributed by atoms with E-state index in [1.165, 1.54) is 0 Å². The first-order valence-electron chi connectivity index (χ1n) is 11.3. The molecule has 32 heavy (non-hydrogen) atoms. The molecule has 2 heterocycles. The maximum atomic E-state index is 12.0. The van der Waals surface area contributed by atoms with Crippen molar-refractivity contribution in [1.82, 2.24) is 9.97 Å². The van der Waals surface area contributed by atoms with Gasteiger partial charge in [-0.05, 0) is 58.1 Å². The topological polar surface area (TPSA) is 81.6 Å². The molecular weight excluding hydrogens is 406 g/mol. The predicted molar refractivity (Wildman–Crippen MR) is 123 cm³/mol. The second-order valence-electron chi connectivity index (χ2n) is 9.07. The van der Waals surface area contributed by atoms with Crippen LogP contribution in [0.4, 0.5) is 5.95 Å². The largest absolute Gasteiger partial charge is 0.466 e. The number of piperidine rings is 1. The highest BCUT2D eigenvalue weighted by molar-refractivity contribution is 5.73. The van der Waals surface area contributed by atoms with Crippen LogP contribution >= 0.6 is 0 Å². The third-order valence-corrected chi connectivity index (χ3v) is 5.33. The Morgan fingerprint density at radius 2 is 1.78 bits per heavy atom. The predicted octanol–water partition coefficient (Wildman–Crippen LogP) is 4.20. The Balaban J connectivity index is 1.58. The van der Waals surface area contributed by atoms with E-state index < -0.39 is 5.60 Å². The molecule has 0 radical (unpaired) electrons. The van der Waals surface area contributed by atoms with Crippen LogP contribution in [0.2, 0.25) is 0 Å². The Hall–Kier alpha value is -2.96. The van der Waals surface area contributed by atoms with Gasteiger partial charge in [-0.3, -0.25) is 9.59 Å². The average molecular weight is 440 g/mol. The molecule has 0 aliphatic carbocycles. The standard InChI is InChI=1S/C25H33N3O4/c1-5-31-23(30)19-11-13-28(14-12-19)24-26-16-21(17-27-24)20-8-6-7-18(15-20)9-10-22(29)32-25(2,3)4/h6-8,15-17,19H,5,9-14H2,1-4H3. The van der Waals surface area contributed by atoms with Gasteiger partial charge in [-0.25, -0.2) is 9.97 Å². The van der Waals surface area contributed by atoms with Crippen LogP contribution in [0.15, 0.2) is 36.7 Å². The van der Waals surface area contributed by atoms with Gasteiger partial charge in [0.1, 0.15) is 5.60 Å². The molecule has 3 rings (SSSR count). The van der Waals surface area contributed by atoms with Crippen LogP contribution in [-0.4, -0.2) is 47.2 Å². The van der Waals surface area contributed by atoms with Crippen LogP contribution in [0, 0.1) is 5.92 Å². The number of carbonyl (C=O) groups excluding carboxylic acids is 2. The lowest BCUT2D eigenvalue weighted by Crippen LogP contribution is -2.37. The van der Waals surface area contributed by atoms with Gasteiger partial charge in [0.05, 0.1) is 12.5 Å². The van der Waals surface area contributed by atoms with Crippen molar-refractivity contribution in [2.75, 3.05) is 24.6 Å². The summed E-state index contributed by atoms with van der Waals surface area (Å²) < 4.78 is 10.5. The zero-order valence-electron chi connectivity index (χ0n) is 19.5. The highest BCUT2D eigenvalue weighted by atomic mass is 16.6. The summed E-state index contributed by atoms with van der Waals surface area (Å²) in [4.78, 5) is 35.1. The first kappa shape index (κ1) is 23.7. The second-order valence-corrected chi connectivity index (χ2v) is 9.07. The summed E-state index contributed by atoms with van der Waals surface area (Å²) in [5.41, 5.74) is 2.54. The van der Waals surface area contributed by atoms with Crippen molar-refractivity contribution in [1.29, 1.82) is 0 Å². The zero-order valence-corrected chi connectivity index (χ0v) is 19.5. The molecule has 1 aromatic carbocycles. The van der Waals surface area contributed by atoms with E-state index in [9.17, 15) is 9.59 Å². The number of esters is 2. The lowest BCUT2D eigenvalue weighted by Gasteiger charge is -2.30. The Bertz CT molecular complexity index is 914. The quantitative estimate of drug-likeness (QED) is 0.598. The fraction of sp³-hybridized carbons (Fsp3) is 0.520. The van der Waals surface area contributed by atoms with Gasteiger partial charge in [0.15, 0.2) is 0 Å². The molecule has 1 saturated heterocycles. The van der Waals surface area contributed by atoms with Crippen LogP contribution in [-0.2, 0) is 25.5 Å². The van der Waals surface area contributed by atoms with E-state index in [1.54, 1.807) is 0 Å². The molecule has 2 aromatic rings. The highest BCUT2D eigenvalue weighted by Gasteiger charge is 2.27. The zero-order chi connectivity index (χ0) is 23.1. The number of ether oxygens (including phenoxy) is 2. The Labute approximate surface area is 190 Å². The van der Waals surface area contributed by atoms with Crippen LogP contribution in [0.3, 0.4) is 0 Å². The lowest BCUT2D eigenvalue weighted by molar-refractivity contribution is -0.154. The van der Waals surface area contributed by atoms with Crippen molar-refractivity contribution in [3.05, 3.63) is 42.2 Å². The summed E-state index contributed by atoms with van der Waals surface area (Å²) in [7, 11) is 0. The number of hydrogen-bond donors (Lipinski definition) is 0. The normalized spacial score (nSPS) is 14.8. The van der Waals surface area contributed by atoms with Gasteiger partial charge in [-0.15, -0.1) is 0 Å². The number of rotatable bonds is 7. The molecule has 0 N–H and O–H groups in total.